The normalized spacial score (nSPS) is 11.0. The summed E-state index contributed by atoms with van der Waals surface area (Å²) in [5, 5.41) is 2.92. The third-order valence-electron chi connectivity index (χ3n) is 6.18. The minimum absolute atomic E-state index is 0.0758. The molecule has 6 nitrogen and oxygen atoms in total. The molecule has 0 fully saturated rings. The second kappa shape index (κ2) is 12.9. The molecule has 0 heterocycles. The van der Waals surface area contributed by atoms with E-state index in [1.165, 1.54) is 6.07 Å². The molecule has 0 aliphatic rings. The predicted molar refractivity (Wildman–Crippen MR) is 155 cm³/mol. The number of ether oxygens (including phenoxy) is 2. The van der Waals surface area contributed by atoms with Crippen molar-refractivity contribution in [2.45, 2.75) is 34.0 Å². The number of carbonyl (C=O) groups excluding carboxylic acids is 3. The smallest absolute Gasteiger partial charge is 0.339 e. The molecule has 0 aromatic heterocycles. The maximum absolute atomic E-state index is 13.4. The van der Waals surface area contributed by atoms with Crippen molar-refractivity contribution in [3.8, 4) is 16.9 Å². The van der Waals surface area contributed by atoms with E-state index in [-0.39, 0.29) is 23.5 Å². The van der Waals surface area contributed by atoms with E-state index in [9.17, 15) is 14.4 Å². The van der Waals surface area contributed by atoms with Crippen molar-refractivity contribution in [1.29, 1.82) is 0 Å². The summed E-state index contributed by atoms with van der Waals surface area (Å²) in [6, 6.07) is 29.1. The molecule has 0 spiro atoms. The van der Waals surface area contributed by atoms with Gasteiger partial charge in [0.05, 0.1) is 5.56 Å². The standard InChI is InChI=1S/C34H33NO5/c1-34(2,3)23-35-32(37)26-14-16-30(31(19-26)33(38)40-22-25-12-8-5-9-13-25)29-17-15-28(18-27(29)20-36)39-21-24-10-6-4-7-11-24/h4-20H,21-23H2,1-3H3,(H,35,37). The van der Waals surface area contributed by atoms with Crippen LogP contribution < -0.4 is 10.1 Å². The van der Waals surface area contributed by atoms with Crippen LogP contribution in [0.1, 0.15) is 63.0 Å². The van der Waals surface area contributed by atoms with E-state index in [1.54, 1.807) is 30.3 Å². The Kier molecular flexibility index (Phi) is 9.12. The SMILES string of the molecule is CC(C)(C)CNC(=O)c1ccc(-c2ccc(OCc3ccccc3)cc2C=O)c(C(=O)OCc2ccccc2)c1. The number of amides is 1. The van der Waals surface area contributed by atoms with Crippen LogP contribution in [0.15, 0.2) is 97.1 Å². The number of esters is 1. The second-order valence-corrected chi connectivity index (χ2v) is 10.7. The Morgan fingerprint density at radius 2 is 1.40 bits per heavy atom. The highest BCUT2D eigenvalue weighted by atomic mass is 16.5. The van der Waals surface area contributed by atoms with Crippen LogP contribution in [0.3, 0.4) is 0 Å². The maximum Gasteiger partial charge on any atom is 0.339 e. The molecule has 0 atom stereocenters. The zero-order valence-corrected chi connectivity index (χ0v) is 23.0. The summed E-state index contributed by atoms with van der Waals surface area (Å²) in [6.45, 7) is 6.98. The van der Waals surface area contributed by atoms with E-state index in [2.05, 4.69) is 5.32 Å². The molecule has 0 unspecified atom stereocenters. The summed E-state index contributed by atoms with van der Waals surface area (Å²) in [4.78, 5) is 38.4. The second-order valence-electron chi connectivity index (χ2n) is 10.7. The third-order valence-corrected chi connectivity index (χ3v) is 6.18. The molecule has 0 aliphatic heterocycles. The molecule has 0 saturated heterocycles. The number of hydrogen-bond donors (Lipinski definition) is 1. The fourth-order valence-corrected chi connectivity index (χ4v) is 4.05. The van der Waals surface area contributed by atoms with E-state index in [4.69, 9.17) is 9.47 Å². The minimum Gasteiger partial charge on any atom is -0.489 e. The van der Waals surface area contributed by atoms with E-state index >= 15 is 0 Å². The Morgan fingerprint density at radius 3 is 2.02 bits per heavy atom. The molecule has 0 aliphatic carbocycles. The fourth-order valence-electron chi connectivity index (χ4n) is 4.05. The van der Waals surface area contributed by atoms with Crippen molar-refractivity contribution in [3.05, 3.63) is 125 Å². The van der Waals surface area contributed by atoms with Crippen molar-refractivity contribution in [2.75, 3.05) is 6.54 Å². The van der Waals surface area contributed by atoms with Gasteiger partial charge in [-0.05, 0) is 58.0 Å². The molecule has 1 N–H and O–H groups in total. The summed E-state index contributed by atoms with van der Waals surface area (Å²) in [6.07, 6.45) is 0.730. The zero-order valence-electron chi connectivity index (χ0n) is 23.0. The first kappa shape index (κ1) is 28.3. The van der Waals surface area contributed by atoms with E-state index < -0.39 is 5.97 Å². The summed E-state index contributed by atoms with van der Waals surface area (Å²) in [7, 11) is 0. The minimum atomic E-state index is -0.592. The van der Waals surface area contributed by atoms with E-state index in [0.29, 0.717) is 41.2 Å². The van der Waals surface area contributed by atoms with Gasteiger partial charge in [0.25, 0.3) is 5.91 Å². The highest BCUT2D eigenvalue weighted by Crippen LogP contribution is 2.31. The molecule has 0 saturated carbocycles. The first-order valence-electron chi connectivity index (χ1n) is 13.1. The summed E-state index contributed by atoms with van der Waals surface area (Å²) >= 11 is 0. The lowest BCUT2D eigenvalue weighted by molar-refractivity contribution is 0.0473. The van der Waals surface area contributed by atoms with Gasteiger partial charge >= 0.3 is 5.97 Å². The average molecular weight is 536 g/mol. The number of benzene rings is 4. The van der Waals surface area contributed by atoms with E-state index in [1.807, 2.05) is 81.4 Å². The first-order chi connectivity index (χ1) is 19.2. The lowest BCUT2D eigenvalue weighted by Gasteiger charge is -2.19. The van der Waals surface area contributed by atoms with Crippen LogP contribution in [-0.2, 0) is 18.0 Å². The summed E-state index contributed by atoms with van der Waals surface area (Å²) in [5.74, 6) is -0.356. The Labute approximate surface area is 235 Å². The van der Waals surface area contributed by atoms with Gasteiger partial charge in [-0.2, -0.15) is 0 Å². The summed E-state index contributed by atoms with van der Waals surface area (Å²) in [5.41, 5.74) is 3.64. The molecular weight excluding hydrogens is 502 g/mol. The van der Waals surface area contributed by atoms with Crippen LogP contribution in [0.25, 0.3) is 11.1 Å². The van der Waals surface area contributed by atoms with Gasteiger partial charge in [0.15, 0.2) is 6.29 Å². The van der Waals surface area contributed by atoms with Gasteiger partial charge in [-0.15, -0.1) is 0 Å². The monoisotopic (exact) mass is 535 g/mol. The lowest BCUT2D eigenvalue weighted by atomic mass is 9.93. The zero-order chi connectivity index (χ0) is 28.5. The van der Waals surface area contributed by atoms with Gasteiger partial charge in [0, 0.05) is 17.7 Å². The molecule has 40 heavy (non-hydrogen) atoms. The predicted octanol–water partition coefficient (Wildman–Crippen LogP) is 6.88. The van der Waals surface area contributed by atoms with Crippen LogP contribution >= 0.6 is 0 Å². The van der Waals surface area contributed by atoms with Crippen LogP contribution in [0.5, 0.6) is 5.75 Å². The maximum atomic E-state index is 13.4. The van der Waals surface area contributed by atoms with Gasteiger partial charge in [0.2, 0.25) is 0 Å². The average Bonchev–Trinajstić information content (AvgIpc) is 2.98. The largest absolute Gasteiger partial charge is 0.489 e. The van der Waals surface area contributed by atoms with Crippen molar-refractivity contribution < 1.29 is 23.9 Å². The lowest BCUT2D eigenvalue weighted by Crippen LogP contribution is -2.32. The molecular formula is C34H33NO5. The van der Waals surface area contributed by atoms with Gasteiger partial charge in [-0.25, -0.2) is 4.79 Å². The number of aldehydes is 1. The third kappa shape index (κ3) is 7.67. The number of carbonyl (C=O) groups is 3. The Hall–Kier alpha value is -4.71. The van der Waals surface area contributed by atoms with Gasteiger partial charge in [-0.1, -0.05) is 87.5 Å². The highest BCUT2D eigenvalue weighted by molar-refractivity contribution is 6.04. The Morgan fingerprint density at radius 1 is 0.775 bits per heavy atom. The van der Waals surface area contributed by atoms with Crippen LogP contribution in [-0.4, -0.2) is 24.7 Å². The quantitative estimate of drug-likeness (QED) is 0.177. The van der Waals surface area contributed by atoms with Crippen LogP contribution in [0.2, 0.25) is 0 Å². The first-order valence-corrected chi connectivity index (χ1v) is 13.1. The Bertz CT molecular complexity index is 1470. The molecule has 0 radical (unpaired) electrons. The highest BCUT2D eigenvalue weighted by Gasteiger charge is 2.21. The van der Waals surface area contributed by atoms with Crippen molar-refractivity contribution in [3.63, 3.8) is 0 Å². The molecule has 4 rings (SSSR count). The Balaban J connectivity index is 1.65. The number of nitrogens with one attached hydrogen (secondary N) is 1. The van der Waals surface area contributed by atoms with Crippen molar-refractivity contribution in [2.24, 2.45) is 5.41 Å². The van der Waals surface area contributed by atoms with Crippen LogP contribution in [0, 0.1) is 5.41 Å². The number of hydrogen-bond acceptors (Lipinski definition) is 5. The number of rotatable bonds is 10. The molecule has 4 aromatic carbocycles. The summed E-state index contributed by atoms with van der Waals surface area (Å²) < 4.78 is 11.5. The molecule has 4 aromatic rings. The van der Waals surface area contributed by atoms with Crippen molar-refractivity contribution in [1.82, 2.24) is 5.32 Å². The topological polar surface area (TPSA) is 81.7 Å². The molecule has 6 heteroatoms. The van der Waals surface area contributed by atoms with Gasteiger partial charge < -0.3 is 14.8 Å². The van der Waals surface area contributed by atoms with Crippen molar-refractivity contribution >= 4 is 18.2 Å². The molecule has 204 valence electrons. The molecule has 0 bridgehead atoms. The van der Waals surface area contributed by atoms with E-state index in [0.717, 1.165) is 17.4 Å². The van der Waals surface area contributed by atoms with Gasteiger partial charge in [0.1, 0.15) is 19.0 Å². The fraction of sp³-hybridized carbons (Fsp3) is 0.206. The van der Waals surface area contributed by atoms with Crippen LogP contribution in [0.4, 0.5) is 0 Å². The van der Waals surface area contributed by atoms with Gasteiger partial charge in [-0.3, -0.25) is 9.59 Å². The molecule has 1 amide bonds.